The third-order valence-electron chi connectivity index (χ3n) is 4.05. The molecule has 1 aliphatic rings. The number of halogens is 1. The first-order valence-electron chi connectivity index (χ1n) is 7.40. The molecule has 1 aliphatic heterocycles. The van der Waals surface area contributed by atoms with E-state index in [1.807, 2.05) is 13.0 Å². The van der Waals surface area contributed by atoms with Gasteiger partial charge in [0.15, 0.2) is 0 Å². The van der Waals surface area contributed by atoms with E-state index < -0.39 is 10.0 Å². The Kier molecular flexibility index (Phi) is 6.44. The van der Waals surface area contributed by atoms with E-state index >= 15 is 0 Å². The molecule has 2 atom stereocenters. The number of nitrogens with zero attached hydrogens (tertiary/aromatic N) is 1. The molecule has 0 bridgehead atoms. The van der Waals surface area contributed by atoms with Gasteiger partial charge in [-0.25, -0.2) is 8.42 Å². The van der Waals surface area contributed by atoms with E-state index in [-0.39, 0.29) is 36.0 Å². The van der Waals surface area contributed by atoms with Crippen LogP contribution in [0.25, 0.3) is 0 Å². The van der Waals surface area contributed by atoms with E-state index in [9.17, 15) is 13.2 Å². The Hall–Kier alpha value is -1.31. The number of carbonyl (C=O) groups excluding carboxylic acids is 1. The van der Waals surface area contributed by atoms with Crippen LogP contribution >= 0.6 is 12.4 Å². The van der Waals surface area contributed by atoms with Gasteiger partial charge in [-0.1, -0.05) is 13.0 Å². The molecule has 0 spiro atoms. The van der Waals surface area contributed by atoms with Crippen molar-refractivity contribution in [1.82, 2.24) is 0 Å². The molecule has 2 rings (SSSR count). The minimum atomic E-state index is -3.24. The summed E-state index contributed by atoms with van der Waals surface area (Å²) in [5, 5.41) is 2.80. The van der Waals surface area contributed by atoms with Gasteiger partial charge in [-0.2, -0.15) is 0 Å². The molecule has 1 aromatic rings. The van der Waals surface area contributed by atoms with Gasteiger partial charge in [0.25, 0.3) is 0 Å². The van der Waals surface area contributed by atoms with Crippen molar-refractivity contribution in [3.05, 3.63) is 23.8 Å². The fraction of sp³-hybridized carbons (Fsp3) is 0.533. The Morgan fingerprint density at radius 3 is 2.52 bits per heavy atom. The fourth-order valence-electron chi connectivity index (χ4n) is 2.36. The number of carbonyl (C=O) groups is 1. The van der Waals surface area contributed by atoms with E-state index in [2.05, 4.69) is 5.32 Å². The lowest BCUT2D eigenvalue weighted by Crippen LogP contribution is -2.34. The van der Waals surface area contributed by atoms with Crippen molar-refractivity contribution in [2.45, 2.75) is 33.2 Å². The SMILES string of the molecule is Cc1ccc(NC(=O)C(C)C(C)N)cc1N1CCCS1(=O)=O.Cl. The number of rotatable bonds is 4. The van der Waals surface area contributed by atoms with Crippen LogP contribution in [0.2, 0.25) is 0 Å². The van der Waals surface area contributed by atoms with Gasteiger partial charge in [-0.3, -0.25) is 9.10 Å². The number of hydrogen-bond acceptors (Lipinski definition) is 4. The van der Waals surface area contributed by atoms with Gasteiger partial charge in [0.1, 0.15) is 0 Å². The Labute approximate surface area is 143 Å². The van der Waals surface area contributed by atoms with Crippen molar-refractivity contribution in [2.75, 3.05) is 21.9 Å². The first-order chi connectivity index (χ1) is 10.2. The highest BCUT2D eigenvalue weighted by Gasteiger charge is 2.29. The first-order valence-corrected chi connectivity index (χ1v) is 9.01. The summed E-state index contributed by atoms with van der Waals surface area (Å²) < 4.78 is 25.6. The maximum Gasteiger partial charge on any atom is 0.235 e. The summed E-state index contributed by atoms with van der Waals surface area (Å²) in [7, 11) is -3.24. The Balaban J connectivity index is 0.00000264. The molecule has 2 unspecified atom stereocenters. The molecule has 0 radical (unpaired) electrons. The quantitative estimate of drug-likeness (QED) is 0.856. The summed E-state index contributed by atoms with van der Waals surface area (Å²) in [6, 6.07) is 5.05. The van der Waals surface area contributed by atoms with Crippen molar-refractivity contribution in [3.63, 3.8) is 0 Å². The average molecular weight is 362 g/mol. The number of aryl methyl sites for hydroxylation is 1. The lowest BCUT2D eigenvalue weighted by Gasteiger charge is -2.21. The summed E-state index contributed by atoms with van der Waals surface area (Å²) >= 11 is 0. The molecule has 1 amide bonds. The average Bonchev–Trinajstić information content (AvgIpc) is 2.79. The molecule has 1 heterocycles. The minimum Gasteiger partial charge on any atom is -0.327 e. The van der Waals surface area contributed by atoms with Crippen LogP contribution in [0, 0.1) is 12.8 Å². The van der Waals surface area contributed by atoms with Crippen molar-refractivity contribution >= 4 is 39.7 Å². The molecule has 0 aromatic heterocycles. The molecule has 130 valence electrons. The van der Waals surface area contributed by atoms with E-state index in [0.29, 0.717) is 24.3 Å². The number of hydrogen-bond donors (Lipinski definition) is 2. The van der Waals surface area contributed by atoms with Crippen molar-refractivity contribution in [2.24, 2.45) is 11.7 Å². The van der Waals surface area contributed by atoms with Crippen LogP contribution < -0.4 is 15.4 Å². The smallest absolute Gasteiger partial charge is 0.235 e. The Morgan fingerprint density at radius 1 is 1.35 bits per heavy atom. The van der Waals surface area contributed by atoms with Gasteiger partial charge in [0, 0.05) is 18.3 Å². The number of nitrogens with two attached hydrogens (primary N) is 1. The molecule has 8 heteroatoms. The van der Waals surface area contributed by atoms with E-state index in [4.69, 9.17) is 5.73 Å². The van der Waals surface area contributed by atoms with Gasteiger partial charge in [-0.15, -0.1) is 12.4 Å². The van der Waals surface area contributed by atoms with Crippen LogP contribution in [-0.2, 0) is 14.8 Å². The highest BCUT2D eigenvalue weighted by molar-refractivity contribution is 7.93. The largest absolute Gasteiger partial charge is 0.327 e. The van der Waals surface area contributed by atoms with Gasteiger partial charge < -0.3 is 11.1 Å². The maximum atomic E-state index is 12.1. The van der Waals surface area contributed by atoms with Gasteiger partial charge in [0.05, 0.1) is 17.4 Å². The summed E-state index contributed by atoms with van der Waals surface area (Å²) in [5.41, 5.74) is 7.81. The van der Waals surface area contributed by atoms with Crippen LogP contribution in [-0.4, -0.2) is 32.7 Å². The molecule has 1 saturated heterocycles. The molecule has 0 saturated carbocycles. The zero-order valence-corrected chi connectivity index (χ0v) is 15.2. The molecular weight excluding hydrogens is 338 g/mol. The van der Waals surface area contributed by atoms with Crippen LogP contribution in [0.15, 0.2) is 18.2 Å². The number of benzene rings is 1. The topological polar surface area (TPSA) is 92.5 Å². The number of sulfonamides is 1. The van der Waals surface area contributed by atoms with Crippen LogP contribution in [0.3, 0.4) is 0 Å². The van der Waals surface area contributed by atoms with Gasteiger partial charge in [0.2, 0.25) is 15.9 Å². The summed E-state index contributed by atoms with van der Waals surface area (Å²) in [6.45, 7) is 5.89. The lowest BCUT2D eigenvalue weighted by atomic mass is 10.0. The van der Waals surface area contributed by atoms with Gasteiger partial charge in [-0.05, 0) is 38.0 Å². The number of anilines is 2. The normalized spacial score (nSPS) is 18.9. The zero-order valence-electron chi connectivity index (χ0n) is 13.6. The standard InChI is InChI=1S/C15H23N3O3S.ClH/c1-10-5-6-13(17-15(19)11(2)12(3)16)9-14(10)18-7-4-8-22(18,20)21;/h5-6,9,11-12H,4,7-8,16H2,1-3H3,(H,17,19);1H. The Morgan fingerprint density at radius 2 is 2.00 bits per heavy atom. The van der Waals surface area contributed by atoms with Crippen molar-refractivity contribution in [3.8, 4) is 0 Å². The lowest BCUT2D eigenvalue weighted by molar-refractivity contribution is -0.119. The maximum absolute atomic E-state index is 12.1. The third kappa shape index (κ3) is 4.37. The fourth-order valence-corrected chi connectivity index (χ4v) is 3.98. The monoisotopic (exact) mass is 361 g/mol. The number of amides is 1. The second-order valence-electron chi connectivity index (χ2n) is 5.88. The zero-order chi connectivity index (χ0) is 16.5. The number of nitrogens with one attached hydrogen (secondary N) is 1. The first kappa shape index (κ1) is 19.7. The van der Waals surface area contributed by atoms with Gasteiger partial charge >= 0.3 is 0 Å². The highest BCUT2D eigenvalue weighted by atomic mass is 35.5. The molecule has 6 nitrogen and oxygen atoms in total. The highest BCUT2D eigenvalue weighted by Crippen LogP contribution is 2.30. The summed E-state index contributed by atoms with van der Waals surface area (Å²) in [6.07, 6.45) is 0.625. The molecular formula is C15H24ClN3O3S. The predicted octanol–water partition coefficient (Wildman–Crippen LogP) is 1.88. The van der Waals surface area contributed by atoms with Crippen LogP contribution in [0.1, 0.15) is 25.8 Å². The summed E-state index contributed by atoms with van der Waals surface area (Å²) in [4.78, 5) is 12.1. The Bertz CT molecular complexity index is 677. The van der Waals surface area contributed by atoms with E-state index in [1.165, 1.54) is 4.31 Å². The molecule has 1 fully saturated rings. The molecule has 1 aromatic carbocycles. The third-order valence-corrected chi connectivity index (χ3v) is 5.90. The predicted molar refractivity (Wildman–Crippen MR) is 95.6 cm³/mol. The van der Waals surface area contributed by atoms with E-state index in [1.54, 1.807) is 26.0 Å². The molecule has 3 N–H and O–H groups in total. The second-order valence-corrected chi connectivity index (χ2v) is 7.89. The van der Waals surface area contributed by atoms with Crippen molar-refractivity contribution < 1.29 is 13.2 Å². The second kappa shape index (κ2) is 7.51. The van der Waals surface area contributed by atoms with Crippen LogP contribution in [0.4, 0.5) is 11.4 Å². The van der Waals surface area contributed by atoms with Crippen molar-refractivity contribution in [1.29, 1.82) is 0 Å². The molecule has 23 heavy (non-hydrogen) atoms. The summed E-state index contributed by atoms with van der Waals surface area (Å²) in [5.74, 6) is -0.320. The van der Waals surface area contributed by atoms with E-state index in [0.717, 1.165) is 5.56 Å². The minimum absolute atomic E-state index is 0. The van der Waals surface area contributed by atoms with Crippen LogP contribution in [0.5, 0.6) is 0 Å². The molecule has 0 aliphatic carbocycles.